The summed E-state index contributed by atoms with van der Waals surface area (Å²) in [5.74, 6) is 0.570. The predicted molar refractivity (Wildman–Crippen MR) is 134 cm³/mol. The third kappa shape index (κ3) is 5.05. The smallest absolute Gasteiger partial charge is 0.237 e. The van der Waals surface area contributed by atoms with Crippen LogP contribution in [0.5, 0.6) is 11.5 Å². The van der Waals surface area contributed by atoms with Gasteiger partial charge in [0, 0.05) is 23.1 Å². The lowest BCUT2D eigenvalue weighted by Crippen LogP contribution is -2.51. The van der Waals surface area contributed by atoms with Crippen molar-refractivity contribution >= 4 is 34.7 Å². The van der Waals surface area contributed by atoms with Gasteiger partial charge in [-0.3, -0.25) is 19.7 Å². The van der Waals surface area contributed by atoms with E-state index in [9.17, 15) is 14.4 Å². The topological polar surface area (TPSA) is 107 Å². The number of thiazole rings is 1. The molecule has 0 spiro atoms. The van der Waals surface area contributed by atoms with E-state index in [-0.39, 0.29) is 24.1 Å². The van der Waals surface area contributed by atoms with Crippen molar-refractivity contribution in [1.82, 2.24) is 10.3 Å². The first-order chi connectivity index (χ1) is 16.9. The number of carbonyl (C=O) groups excluding carboxylic acids is 3. The second-order valence-corrected chi connectivity index (χ2v) is 9.19. The molecule has 1 atom stereocenters. The van der Waals surface area contributed by atoms with E-state index in [4.69, 9.17) is 9.47 Å². The van der Waals surface area contributed by atoms with Crippen LogP contribution >= 0.6 is 11.3 Å². The van der Waals surface area contributed by atoms with Crippen LogP contribution in [-0.4, -0.2) is 36.9 Å². The first-order valence-electron chi connectivity index (χ1n) is 11.3. The van der Waals surface area contributed by atoms with E-state index < -0.39 is 5.41 Å². The Hall–Kier alpha value is -3.72. The van der Waals surface area contributed by atoms with Crippen molar-refractivity contribution in [3.05, 3.63) is 59.1 Å². The van der Waals surface area contributed by atoms with Gasteiger partial charge >= 0.3 is 0 Å². The highest BCUT2D eigenvalue weighted by Gasteiger charge is 2.42. The Morgan fingerprint density at radius 3 is 2.51 bits per heavy atom. The van der Waals surface area contributed by atoms with E-state index in [1.165, 1.54) is 11.3 Å². The summed E-state index contributed by atoms with van der Waals surface area (Å²) in [5, 5.41) is 7.99. The molecule has 1 aliphatic heterocycles. The van der Waals surface area contributed by atoms with Crippen LogP contribution in [0, 0.1) is 0 Å². The van der Waals surface area contributed by atoms with Gasteiger partial charge in [0.1, 0.15) is 5.01 Å². The summed E-state index contributed by atoms with van der Waals surface area (Å²) >= 11 is 1.45. The van der Waals surface area contributed by atoms with E-state index in [1.54, 1.807) is 26.4 Å². The Balaban J connectivity index is 1.41. The maximum absolute atomic E-state index is 12.6. The van der Waals surface area contributed by atoms with Crippen molar-refractivity contribution in [3.8, 4) is 22.1 Å². The van der Waals surface area contributed by atoms with Crippen LogP contribution in [0.2, 0.25) is 0 Å². The summed E-state index contributed by atoms with van der Waals surface area (Å²) in [4.78, 5) is 41.4. The standard InChI is InChI=1S/C26H27N3O5S/c1-4-26(12-11-22(30)29-25(26)32)17-6-8-18(9-7-17)27-23(31)14-19-15-35-24(28-19)16-5-10-20(33-2)21(13-16)34-3/h5-10,13,15H,4,11-12,14H2,1-3H3,(H,27,31)(H,29,30,32). The van der Waals surface area contributed by atoms with Crippen molar-refractivity contribution < 1.29 is 23.9 Å². The van der Waals surface area contributed by atoms with Crippen LogP contribution < -0.4 is 20.1 Å². The van der Waals surface area contributed by atoms with Crippen LogP contribution in [0.4, 0.5) is 5.69 Å². The number of hydrogen-bond donors (Lipinski definition) is 2. The second-order valence-electron chi connectivity index (χ2n) is 8.33. The highest BCUT2D eigenvalue weighted by atomic mass is 32.1. The number of imide groups is 1. The minimum Gasteiger partial charge on any atom is -0.493 e. The molecule has 3 amide bonds. The van der Waals surface area contributed by atoms with Gasteiger partial charge in [0.2, 0.25) is 17.7 Å². The first kappa shape index (κ1) is 24.4. The molecular weight excluding hydrogens is 466 g/mol. The molecule has 35 heavy (non-hydrogen) atoms. The Bertz CT molecular complexity index is 1250. The summed E-state index contributed by atoms with van der Waals surface area (Å²) in [5.41, 5.74) is 2.29. The monoisotopic (exact) mass is 493 g/mol. The number of amides is 3. The lowest BCUT2D eigenvalue weighted by atomic mass is 9.72. The fraction of sp³-hybridized carbons (Fsp3) is 0.308. The fourth-order valence-corrected chi connectivity index (χ4v) is 5.12. The number of nitrogens with one attached hydrogen (secondary N) is 2. The molecule has 4 rings (SSSR count). The van der Waals surface area contributed by atoms with Gasteiger partial charge in [-0.2, -0.15) is 0 Å². The van der Waals surface area contributed by atoms with Gasteiger partial charge in [-0.1, -0.05) is 19.1 Å². The van der Waals surface area contributed by atoms with Gasteiger partial charge in [0.15, 0.2) is 11.5 Å². The Morgan fingerprint density at radius 2 is 1.86 bits per heavy atom. The second kappa shape index (κ2) is 10.3. The molecule has 1 unspecified atom stereocenters. The Labute approximate surface area is 207 Å². The third-order valence-electron chi connectivity index (χ3n) is 6.32. The number of rotatable bonds is 8. The van der Waals surface area contributed by atoms with Crippen molar-refractivity contribution in [2.45, 2.75) is 38.0 Å². The third-order valence-corrected chi connectivity index (χ3v) is 7.26. The van der Waals surface area contributed by atoms with E-state index in [0.29, 0.717) is 42.1 Å². The average molecular weight is 494 g/mol. The molecule has 9 heteroatoms. The van der Waals surface area contributed by atoms with Crippen molar-refractivity contribution in [2.24, 2.45) is 0 Å². The molecule has 1 saturated heterocycles. The first-order valence-corrected chi connectivity index (χ1v) is 12.2. The van der Waals surface area contributed by atoms with Gasteiger partial charge in [-0.05, 0) is 48.7 Å². The SMILES string of the molecule is CCC1(c2ccc(NC(=O)Cc3csc(-c4ccc(OC)c(OC)c4)n3)cc2)CCC(=O)NC1=O. The molecule has 0 bridgehead atoms. The largest absolute Gasteiger partial charge is 0.493 e. The van der Waals surface area contributed by atoms with Crippen molar-refractivity contribution in [1.29, 1.82) is 0 Å². The molecule has 2 heterocycles. The summed E-state index contributed by atoms with van der Waals surface area (Å²) in [7, 11) is 3.17. The molecule has 2 N–H and O–H groups in total. The number of anilines is 1. The number of hydrogen-bond acceptors (Lipinski definition) is 7. The normalized spacial score (nSPS) is 17.6. The number of piperidine rings is 1. The number of ether oxygens (including phenoxy) is 2. The molecule has 1 fully saturated rings. The lowest BCUT2D eigenvalue weighted by Gasteiger charge is -2.35. The maximum Gasteiger partial charge on any atom is 0.237 e. The molecule has 1 aromatic heterocycles. The van der Waals surface area contributed by atoms with E-state index in [1.807, 2.05) is 42.6 Å². The van der Waals surface area contributed by atoms with Crippen molar-refractivity contribution in [2.75, 3.05) is 19.5 Å². The van der Waals surface area contributed by atoms with Crippen LogP contribution in [0.15, 0.2) is 47.8 Å². The molecule has 0 aliphatic carbocycles. The van der Waals surface area contributed by atoms with Gasteiger partial charge in [0.25, 0.3) is 0 Å². The lowest BCUT2D eigenvalue weighted by molar-refractivity contribution is -0.138. The van der Waals surface area contributed by atoms with E-state index in [2.05, 4.69) is 15.6 Å². The molecule has 0 saturated carbocycles. The number of nitrogens with zero attached hydrogens (tertiary/aromatic N) is 1. The molecular formula is C26H27N3O5S. The van der Waals surface area contributed by atoms with E-state index in [0.717, 1.165) is 16.1 Å². The maximum atomic E-state index is 12.6. The summed E-state index contributed by atoms with van der Waals surface area (Å²) in [6.45, 7) is 1.94. The van der Waals surface area contributed by atoms with Gasteiger partial charge in [-0.25, -0.2) is 4.98 Å². The minimum absolute atomic E-state index is 0.134. The average Bonchev–Trinajstić information content (AvgIpc) is 3.33. The van der Waals surface area contributed by atoms with Crippen LogP contribution in [-0.2, 0) is 26.2 Å². The molecule has 182 valence electrons. The van der Waals surface area contributed by atoms with Crippen molar-refractivity contribution in [3.63, 3.8) is 0 Å². The predicted octanol–water partition coefficient (Wildman–Crippen LogP) is 4.09. The zero-order valence-electron chi connectivity index (χ0n) is 19.8. The number of aromatic nitrogens is 1. The van der Waals surface area contributed by atoms with Crippen LogP contribution in [0.1, 0.15) is 37.4 Å². The quantitative estimate of drug-likeness (QED) is 0.458. The number of methoxy groups -OCH3 is 2. The Kier molecular flexibility index (Phi) is 7.16. The van der Waals surface area contributed by atoms with Crippen LogP contribution in [0.3, 0.4) is 0 Å². The highest BCUT2D eigenvalue weighted by Crippen LogP contribution is 2.36. The summed E-state index contributed by atoms with van der Waals surface area (Å²) < 4.78 is 10.6. The zero-order chi connectivity index (χ0) is 25.0. The summed E-state index contributed by atoms with van der Waals surface area (Å²) in [6.07, 6.45) is 1.52. The molecule has 0 radical (unpaired) electrons. The van der Waals surface area contributed by atoms with Gasteiger partial charge < -0.3 is 14.8 Å². The molecule has 3 aromatic rings. The zero-order valence-corrected chi connectivity index (χ0v) is 20.7. The van der Waals surface area contributed by atoms with Gasteiger partial charge in [0.05, 0.1) is 31.7 Å². The Morgan fingerprint density at radius 1 is 1.11 bits per heavy atom. The summed E-state index contributed by atoms with van der Waals surface area (Å²) in [6, 6.07) is 12.8. The highest BCUT2D eigenvalue weighted by molar-refractivity contribution is 7.13. The van der Waals surface area contributed by atoms with E-state index >= 15 is 0 Å². The number of benzene rings is 2. The molecule has 8 nitrogen and oxygen atoms in total. The van der Waals surface area contributed by atoms with Crippen LogP contribution in [0.25, 0.3) is 10.6 Å². The number of carbonyl (C=O) groups is 3. The minimum atomic E-state index is -0.725. The van der Waals surface area contributed by atoms with Gasteiger partial charge in [-0.15, -0.1) is 11.3 Å². The molecule has 1 aliphatic rings. The molecule has 2 aromatic carbocycles. The fourth-order valence-electron chi connectivity index (χ4n) is 4.30.